The van der Waals surface area contributed by atoms with E-state index in [0.29, 0.717) is 6.04 Å². The molecule has 0 saturated heterocycles. The van der Waals surface area contributed by atoms with Gasteiger partial charge in [0.1, 0.15) is 0 Å². The summed E-state index contributed by atoms with van der Waals surface area (Å²) >= 11 is 0. The van der Waals surface area contributed by atoms with E-state index in [1.165, 1.54) is 0 Å². The number of rotatable bonds is 8. The van der Waals surface area contributed by atoms with Crippen LogP contribution in [0.15, 0.2) is 0 Å². The van der Waals surface area contributed by atoms with Crippen LogP contribution < -0.4 is 5.73 Å². The third-order valence-corrected chi connectivity index (χ3v) is 2.34. The van der Waals surface area contributed by atoms with Gasteiger partial charge in [0.15, 0.2) is 0 Å². The summed E-state index contributed by atoms with van der Waals surface area (Å²) < 4.78 is 5.27. The van der Waals surface area contributed by atoms with E-state index in [9.17, 15) is 0 Å². The molecule has 0 saturated carbocycles. The molecule has 3 nitrogen and oxygen atoms in total. The smallest absolute Gasteiger partial charge is 0.0478 e. The monoisotopic (exact) mass is 188 g/mol. The predicted octanol–water partition coefficient (Wildman–Crippen LogP) is 1.08. The van der Waals surface area contributed by atoms with E-state index in [4.69, 9.17) is 10.5 Å². The molecule has 0 bridgehead atoms. The van der Waals surface area contributed by atoms with Gasteiger partial charge >= 0.3 is 0 Å². The fraction of sp³-hybridized carbons (Fsp3) is 1.00. The fourth-order valence-electron chi connectivity index (χ4n) is 1.24. The average molecular weight is 188 g/mol. The lowest BCUT2D eigenvalue weighted by atomic mass is 10.2. The van der Waals surface area contributed by atoms with Gasteiger partial charge in [-0.05, 0) is 40.3 Å². The highest BCUT2D eigenvalue weighted by Crippen LogP contribution is 2.00. The molecule has 0 aromatic carbocycles. The molecule has 0 aromatic rings. The van der Waals surface area contributed by atoms with Gasteiger partial charge in [-0.15, -0.1) is 0 Å². The number of nitrogens with zero attached hydrogens (tertiary/aromatic N) is 1. The molecule has 80 valence electrons. The second-order valence-corrected chi connectivity index (χ2v) is 3.46. The Morgan fingerprint density at radius 2 is 2.15 bits per heavy atom. The highest BCUT2D eigenvalue weighted by atomic mass is 16.5. The minimum atomic E-state index is 0.589. The summed E-state index contributed by atoms with van der Waals surface area (Å²) in [5.41, 5.74) is 5.49. The van der Waals surface area contributed by atoms with Crippen LogP contribution in [-0.2, 0) is 4.74 Å². The van der Waals surface area contributed by atoms with Crippen LogP contribution in [0.3, 0.4) is 0 Å². The van der Waals surface area contributed by atoms with Gasteiger partial charge in [-0.3, -0.25) is 0 Å². The van der Waals surface area contributed by atoms with Crippen molar-refractivity contribution in [2.75, 3.05) is 33.4 Å². The van der Waals surface area contributed by atoms with Crippen molar-refractivity contribution in [1.82, 2.24) is 4.90 Å². The van der Waals surface area contributed by atoms with Crippen molar-refractivity contribution in [2.45, 2.75) is 32.7 Å². The third kappa shape index (κ3) is 6.99. The molecular formula is C10H24N2O. The van der Waals surface area contributed by atoms with Gasteiger partial charge in [-0.1, -0.05) is 0 Å². The first-order valence-corrected chi connectivity index (χ1v) is 5.20. The minimum absolute atomic E-state index is 0.589. The molecule has 0 aliphatic carbocycles. The van der Waals surface area contributed by atoms with Gasteiger partial charge in [0.2, 0.25) is 0 Å². The fourth-order valence-corrected chi connectivity index (χ4v) is 1.24. The van der Waals surface area contributed by atoms with Crippen molar-refractivity contribution < 1.29 is 4.74 Å². The van der Waals surface area contributed by atoms with Gasteiger partial charge in [-0.25, -0.2) is 0 Å². The van der Waals surface area contributed by atoms with E-state index in [1.54, 1.807) is 0 Å². The zero-order chi connectivity index (χ0) is 10.1. The zero-order valence-corrected chi connectivity index (χ0v) is 9.25. The summed E-state index contributed by atoms with van der Waals surface area (Å²) in [7, 11) is 2.15. The molecule has 0 amide bonds. The Balaban J connectivity index is 3.32. The van der Waals surface area contributed by atoms with Crippen LogP contribution in [-0.4, -0.2) is 44.3 Å². The van der Waals surface area contributed by atoms with Crippen LogP contribution in [0.1, 0.15) is 26.7 Å². The highest BCUT2D eigenvalue weighted by Gasteiger charge is 2.06. The predicted molar refractivity (Wildman–Crippen MR) is 56.9 cm³/mol. The van der Waals surface area contributed by atoms with Crippen molar-refractivity contribution in [3.8, 4) is 0 Å². The summed E-state index contributed by atoms with van der Waals surface area (Å²) in [4.78, 5) is 2.34. The summed E-state index contributed by atoms with van der Waals surface area (Å²) in [6.07, 6.45) is 2.18. The average Bonchev–Trinajstić information content (AvgIpc) is 2.12. The molecule has 0 aliphatic heterocycles. The number of ether oxygens (including phenoxy) is 1. The topological polar surface area (TPSA) is 38.5 Å². The molecule has 1 unspecified atom stereocenters. The van der Waals surface area contributed by atoms with Gasteiger partial charge in [0.05, 0.1) is 0 Å². The van der Waals surface area contributed by atoms with Crippen LogP contribution >= 0.6 is 0 Å². The number of hydrogen-bond acceptors (Lipinski definition) is 3. The maximum atomic E-state index is 5.49. The SMILES string of the molecule is CCOCCCN(C)C(C)CCN. The zero-order valence-electron chi connectivity index (χ0n) is 9.25. The van der Waals surface area contributed by atoms with Crippen molar-refractivity contribution in [1.29, 1.82) is 0 Å². The Kier molecular flexibility index (Phi) is 8.40. The Hall–Kier alpha value is -0.120. The lowest BCUT2D eigenvalue weighted by Crippen LogP contribution is -2.32. The molecule has 2 N–H and O–H groups in total. The standard InChI is InChI=1S/C10H24N2O/c1-4-13-9-5-8-12(3)10(2)6-7-11/h10H,4-9,11H2,1-3H3. The van der Waals surface area contributed by atoms with Gasteiger partial charge in [0.25, 0.3) is 0 Å². The molecule has 0 spiro atoms. The molecule has 0 fully saturated rings. The summed E-state index contributed by atoms with van der Waals surface area (Å²) in [5, 5.41) is 0. The maximum Gasteiger partial charge on any atom is 0.0478 e. The summed E-state index contributed by atoms with van der Waals surface area (Å²) in [6, 6.07) is 0.589. The lowest BCUT2D eigenvalue weighted by molar-refractivity contribution is 0.129. The molecule has 0 rings (SSSR count). The molecule has 0 aliphatic rings. The van der Waals surface area contributed by atoms with Crippen LogP contribution in [0, 0.1) is 0 Å². The second kappa shape index (κ2) is 8.48. The Labute approximate surface area is 82.2 Å². The molecule has 0 heterocycles. The van der Waals surface area contributed by atoms with E-state index < -0.39 is 0 Å². The van der Waals surface area contributed by atoms with E-state index in [2.05, 4.69) is 18.9 Å². The lowest BCUT2D eigenvalue weighted by Gasteiger charge is -2.23. The normalized spacial score (nSPS) is 13.6. The van der Waals surface area contributed by atoms with E-state index in [-0.39, 0.29) is 0 Å². The Morgan fingerprint density at radius 1 is 1.46 bits per heavy atom. The maximum absolute atomic E-state index is 5.49. The second-order valence-electron chi connectivity index (χ2n) is 3.46. The van der Waals surface area contributed by atoms with Crippen LogP contribution in [0.4, 0.5) is 0 Å². The van der Waals surface area contributed by atoms with E-state index in [0.717, 1.165) is 39.1 Å². The third-order valence-electron chi connectivity index (χ3n) is 2.34. The van der Waals surface area contributed by atoms with E-state index in [1.807, 2.05) is 6.92 Å². The summed E-state index contributed by atoms with van der Waals surface area (Å²) in [5.74, 6) is 0. The highest BCUT2D eigenvalue weighted by molar-refractivity contribution is 4.63. The first-order chi connectivity index (χ1) is 6.22. The molecule has 1 atom stereocenters. The summed E-state index contributed by atoms with van der Waals surface area (Å²) in [6.45, 7) is 7.81. The van der Waals surface area contributed by atoms with Crippen molar-refractivity contribution in [3.63, 3.8) is 0 Å². The first-order valence-electron chi connectivity index (χ1n) is 5.20. The Bertz CT molecular complexity index is 109. The molecule has 0 aromatic heterocycles. The largest absolute Gasteiger partial charge is 0.382 e. The van der Waals surface area contributed by atoms with E-state index >= 15 is 0 Å². The minimum Gasteiger partial charge on any atom is -0.382 e. The van der Waals surface area contributed by atoms with Crippen LogP contribution in [0.25, 0.3) is 0 Å². The van der Waals surface area contributed by atoms with Crippen molar-refractivity contribution in [2.24, 2.45) is 5.73 Å². The molecular weight excluding hydrogens is 164 g/mol. The number of hydrogen-bond donors (Lipinski definition) is 1. The quantitative estimate of drug-likeness (QED) is 0.579. The van der Waals surface area contributed by atoms with Gasteiger partial charge in [-0.2, -0.15) is 0 Å². The molecule has 13 heavy (non-hydrogen) atoms. The first kappa shape index (κ1) is 12.9. The Morgan fingerprint density at radius 3 is 2.69 bits per heavy atom. The van der Waals surface area contributed by atoms with Crippen molar-refractivity contribution >= 4 is 0 Å². The van der Waals surface area contributed by atoms with Crippen LogP contribution in [0.5, 0.6) is 0 Å². The molecule has 3 heteroatoms. The van der Waals surface area contributed by atoms with Crippen molar-refractivity contribution in [3.05, 3.63) is 0 Å². The van der Waals surface area contributed by atoms with Crippen LogP contribution in [0.2, 0.25) is 0 Å². The molecule has 0 radical (unpaired) electrons. The van der Waals surface area contributed by atoms with Gasteiger partial charge < -0.3 is 15.4 Å². The number of nitrogens with two attached hydrogens (primary N) is 1. The van der Waals surface area contributed by atoms with Gasteiger partial charge in [0, 0.05) is 25.8 Å².